The third-order valence-electron chi connectivity index (χ3n) is 2.35. The predicted molar refractivity (Wildman–Crippen MR) is 36.7 cm³/mol. The number of oxime groups is 1. The Bertz CT molecular complexity index is 167. The Morgan fingerprint density at radius 2 is 2.50 bits per heavy atom. The average molecular weight is 141 g/mol. The van der Waals surface area contributed by atoms with Crippen molar-refractivity contribution in [2.75, 3.05) is 6.61 Å². The summed E-state index contributed by atoms with van der Waals surface area (Å²) in [4.78, 5) is 5.11. The summed E-state index contributed by atoms with van der Waals surface area (Å²) in [6.45, 7) is 0.0706. The molecule has 1 aliphatic carbocycles. The topological polar surface area (TPSA) is 41.8 Å². The Kier molecular flexibility index (Phi) is 1.38. The first-order chi connectivity index (χ1) is 4.92. The molecule has 1 aliphatic heterocycles. The molecule has 1 heterocycles. The monoisotopic (exact) mass is 141 g/mol. The highest BCUT2D eigenvalue weighted by Gasteiger charge is 2.37. The zero-order chi connectivity index (χ0) is 6.97. The van der Waals surface area contributed by atoms with E-state index < -0.39 is 0 Å². The summed E-state index contributed by atoms with van der Waals surface area (Å²) < 4.78 is 0. The Hall–Kier alpha value is -0.570. The standard InChI is InChI=1S/C7H11NO2/c9-4-6-5-2-1-3-7(5)10-8-6/h5,7,9H,1-4H2/t5-,7-/m1/s1. The molecule has 2 rings (SSSR count). The molecule has 1 saturated carbocycles. The van der Waals surface area contributed by atoms with Gasteiger partial charge >= 0.3 is 0 Å². The average Bonchev–Trinajstić information content (AvgIpc) is 2.44. The van der Waals surface area contributed by atoms with Gasteiger partial charge in [-0.3, -0.25) is 0 Å². The molecular weight excluding hydrogens is 130 g/mol. The molecule has 2 aliphatic rings. The largest absolute Gasteiger partial charge is 0.392 e. The minimum atomic E-state index is 0.0706. The summed E-state index contributed by atoms with van der Waals surface area (Å²) >= 11 is 0. The normalized spacial score (nSPS) is 37.1. The van der Waals surface area contributed by atoms with E-state index in [1.165, 1.54) is 6.42 Å². The summed E-state index contributed by atoms with van der Waals surface area (Å²) in [5.74, 6) is 0.435. The molecule has 2 atom stereocenters. The van der Waals surface area contributed by atoms with Gasteiger partial charge in [0, 0.05) is 5.92 Å². The van der Waals surface area contributed by atoms with E-state index in [2.05, 4.69) is 5.16 Å². The Labute approximate surface area is 59.7 Å². The number of hydrogen-bond acceptors (Lipinski definition) is 3. The number of aliphatic hydroxyl groups excluding tert-OH is 1. The molecule has 3 nitrogen and oxygen atoms in total. The van der Waals surface area contributed by atoms with E-state index in [0.717, 1.165) is 18.6 Å². The van der Waals surface area contributed by atoms with Crippen LogP contribution >= 0.6 is 0 Å². The molecule has 0 aromatic rings. The Morgan fingerprint density at radius 1 is 1.60 bits per heavy atom. The summed E-state index contributed by atoms with van der Waals surface area (Å²) in [6.07, 6.45) is 3.76. The van der Waals surface area contributed by atoms with Gasteiger partial charge in [0.2, 0.25) is 0 Å². The molecule has 1 fully saturated rings. The van der Waals surface area contributed by atoms with Crippen LogP contribution in [0.1, 0.15) is 19.3 Å². The minimum absolute atomic E-state index is 0.0706. The number of fused-ring (bicyclic) bond motifs is 1. The molecular formula is C7H11NO2. The van der Waals surface area contributed by atoms with Crippen molar-refractivity contribution in [2.45, 2.75) is 25.4 Å². The van der Waals surface area contributed by atoms with Gasteiger partial charge in [0.1, 0.15) is 6.10 Å². The predicted octanol–water partition coefficient (Wildman–Crippen LogP) is 0.534. The van der Waals surface area contributed by atoms with E-state index >= 15 is 0 Å². The van der Waals surface area contributed by atoms with Crippen LogP contribution in [0.3, 0.4) is 0 Å². The third-order valence-corrected chi connectivity index (χ3v) is 2.35. The molecule has 0 bridgehead atoms. The van der Waals surface area contributed by atoms with E-state index in [-0.39, 0.29) is 6.61 Å². The highest BCUT2D eigenvalue weighted by molar-refractivity contribution is 5.89. The van der Waals surface area contributed by atoms with Crippen LogP contribution < -0.4 is 0 Å². The van der Waals surface area contributed by atoms with E-state index in [9.17, 15) is 0 Å². The summed E-state index contributed by atoms with van der Waals surface area (Å²) in [6, 6.07) is 0. The lowest BCUT2D eigenvalue weighted by Crippen LogP contribution is -2.19. The van der Waals surface area contributed by atoms with Gasteiger partial charge in [-0.1, -0.05) is 5.16 Å². The zero-order valence-corrected chi connectivity index (χ0v) is 5.79. The van der Waals surface area contributed by atoms with Crippen LogP contribution in [0.15, 0.2) is 5.16 Å². The van der Waals surface area contributed by atoms with E-state index in [1.54, 1.807) is 0 Å². The third kappa shape index (κ3) is 0.736. The maximum Gasteiger partial charge on any atom is 0.135 e. The van der Waals surface area contributed by atoms with Crippen molar-refractivity contribution >= 4 is 5.71 Å². The van der Waals surface area contributed by atoms with Crippen LogP contribution in [0.4, 0.5) is 0 Å². The maximum absolute atomic E-state index is 8.80. The van der Waals surface area contributed by atoms with E-state index in [0.29, 0.717) is 12.0 Å². The van der Waals surface area contributed by atoms with Crippen molar-refractivity contribution < 1.29 is 9.94 Å². The van der Waals surface area contributed by atoms with Crippen molar-refractivity contribution in [3.63, 3.8) is 0 Å². The van der Waals surface area contributed by atoms with E-state index in [1.807, 2.05) is 0 Å². The fourth-order valence-electron chi connectivity index (χ4n) is 1.78. The number of nitrogens with zero attached hydrogens (tertiary/aromatic N) is 1. The SMILES string of the molecule is OCC1=NO[C@@H]2CCC[C@H]12. The van der Waals surface area contributed by atoms with Gasteiger partial charge < -0.3 is 9.94 Å². The lowest BCUT2D eigenvalue weighted by molar-refractivity contribution is 0.0746. The minimum Gasteiger partial charge on any atom is -0.392 e. The summed E-state index contributed by atoms with van der Waals surface area (Å²) in [7, 11) is 0. The van der Waals surface area contributed by atoms with Crippen molar-refractivity contribution in [3.05, 3.63) is 0 Å². The first-order valence-corrected chi connectivity index (χ1v) is 3.75. The lowest BCUT2D eigenvalue weighted by atomic mass is 10.0. The second-order valence-electron chi connectivity index (χ2n) is 2.92. The van der Waals surface area contributed by atoms with Gasteiger partial charge in [-0.15, -0.1) is 0 Å². The second-order valence-corrected chi connectivity index (χ2v) is 2.92. The quantitative estimate of drug-likeness (QED) is 0.579. The van der Waals surface area contributed by atoms with Crippen LogP contribution in [-0.2, 0) is 4.84 Å². The Morgan fingerprint density at radius 3 is 3.30 bits per heavy atom. The fourth-order valence-corrected chi connectivity index (χ4v) is 1.78. The summed E-state index contributed by atoms with van der Waals surface area (Å²) in [5, 5.41) is 12.6. The Balaban J connectivity index is 2.10. The molecule has 0 aromatic heterocycles. The highest BCUT2D eigenvalue weighted by Crippen LogP contribution is 2.33. The highest BCUT2D eigenvalue weighted by atomic mass is 16.6. The first-order valence-electron chi connectivity index (χ1n) is 3.75. The van der Waals surface area contributed by atoms with Crippen molar-refractivity contribution in [1.29, 1.82) is 0 Å². The molecule has 0 spiro atoms. The maximum atomic E-state index is 8.80. The molecule has 0 amide bonds. The number of aliphatic hydroxyl groups is 1. The van der Waals surface area contributed by atoms with Crippen LogP contribution in [0.5, 0.6) is 0 Å². The zero-order valence-electron chi connectivity index (χ0n) is 5.79. The number of rotatable bonds is 1. The molecule has 3 heteroatoms. The van der Waals surface area contributed by atoms with Gasteiger partial charge in [-0.2, -0.15) is 0 Å². The van der Waals surface area contributed by atoms with Gasteiger partial charge in [0.05, 0.1) is 12.3 Å². The molecule has 0 radical (unpaired) electrons. The van der Waals surface area contributed by atoms with Gasteiger partial charge in [0.25, 0.3) is 0 Å². The second kappa shape index (κ2) is 2.23. The van der Waals surface area contributed by atoms with Crippen LogP contribution in [0.2, 0.25) is 0 Å². The van der Waals surface area contributed by atoms with Gasteiger partial charge in [0.15, 0.2) is 0 Å². The van der Waals surface area contributed by atoms with E-state index in [4.69, 9.17) is 9.94 Å². The van der Waals surface area contributed by atoms with Crippen molar-refractivity contribution in [1.82, 2.24) is 0 Å². The molecule has 1 N–H and O–H groups in total. The van der Waals surface area contributed by atoms with Gasteiger partial charge in [-0.05, 0) is 19.3 Å². The lowest BCUT2D eigenvalue weighted by Gasteiger charge is -2.05. The van der Waals surface area contributed by atoms with Crippen LogP contribution in [0.25, 0.3) is 0 Å². The van der Waals surface area contributed by atoms with Crippen LogP contribution in [-0.4, -0.2) is 23.5 Å². The van der Waals surface area contributed by atoms with Crippen molar-refractivity contribution in [3.8, 4) is 0 Å². The first kappa shape index (κ1) is 6.16. The van der Waals surface area contributed by atoms with Crippen LogP contribution in [0, 0.1) is 5.92 Å². The molecule has 56 valence electrons. The smallest absolute Gasteiger partial charge is 0.135 e. The molecule has 10 heavy (non-hydrogen) atoms. The summed E-state index contributed by atoms with van der Waals surface area (Å²) in [5.41, 5.74) is 0.850. The van der Waals surface area contributed by atoms with Gasteiger partial charge in [-0.25, -0.2) is 0 Å². The fraction of sp³-hybridized carbons (Fsp3) is 0.857. The molecule has 0 unspecified atom stereocenters. The number of hydrogen-bond donors (Lipinski definition) is 1. The van der Waals surface area contributed by atoms with Crippen molar-refractivity contribution in [2.24, 2.45) is 11.1 Å². The molecule has 0 aromatic carbocycles. The molecule has 0 saturated heterocycles.